The summed E-state index contributed by atoms with van der Waals surface area (Å²) >= 11 is 0. The van der Waals surface area contributed by atoms with Crippen molar-refractivity contribution in [3.8, 4) is 0 Å². The van der Waals surface area contributed by atoms with E-state index in [1.807, 2.05) is 6.07 Å². The highest BCUT2D eigenvalue weighted by Gasteiger charge is 2.28. The average Bonchev–Trinajstić information content (AvgIpc) is 2.74. The third kappa shape index (κ3) is 2.50. The molecule has 1 aromatic carbocycles. The third-order valence-electron chi connectivity index (χ3n) is 3.35. The first-order valence-electron chi connectivity index (χ1n) is 6.12. The molecule has 0 amide bonds. The van der Waals surface area contributed by atoms with Crippen LogP contribution >= 0.6 is 0 Å². The molecule has 1 aliphatic carbocycles. The lowest BCUT2D eigenvalue weighted by Crippen LogP contribution is -2.37. The van der Waals surface area contributed by atoms with Crippen molar-refractivity contribution in [1.29, 1.82) is 0 Å². The van der Waals surface area contributed by atoms with Crippen LogP contribution in [0.1, 0.15) is 31.7 Å². The van der Waals surface area contributed by atoms with E-state index in [2.05, 4.69) is 36.1 Å². The summed E-state index contributed by atoms with van der Waals surface area (Å²) < 4.78 is 0. The molecule has 86 valence electrons. The monoisotopic (exact) mass is 217 g/mol. The minimum Gasteiger partial charge on any atom is -0.298 e. The second-order valence-electron chi connectivity index (χ2n) is 4.42. The van der Waals surface area contributed by atoms with Gasteiger partial charge in [-0.2, -0.15) is 0 Å². The van der Waals surface area contributed by atoms with Crippen molar-refractivity contribution in [2.45, 2.75) is 38.8 Å². The van der Waals surface area contributed by atoms with Crippen LogP contribution in [-0.4, -0.2) is 23.3 Å². The minimum atomic E-state index is 0.171. The lowest BCUT2D eigenvalue weighted by atomic mass is 10.1. The summed E-state index contributed by atoms with van der Waals surface area (Å²) in [5.41, 5.74) is 1.30. The number of carbonyl (C=O) groups is 1. The van der Waals surface area contributed by atoms with Gasteiger partial charge in [-0.15, -0.1) is 0 Å². The van der Waals surface area contributed by atoms with E-state index in [1.165, 1.54) is 5.56 Å². The fraction of sp³-hybridized carbons (Fsp3) is 0.500. The second-order valence-corrected chi connectivity index (χ2v) is 4.42. The maximum Gasteiger partial charge on any atom is 0.149 e. The highest BCUT2D eigenvalue weighted by molar-refractivity contribution is 5.85. The molecule has 1 saturated carbocycles. The second kappa shape index (κ2) is 5.26. The van der Waals surface area contributed by atoms with Crippen molar-refractivity contribution in [1.82, 2.24) is 4.90 Å². The van der Waals surface area contributed by atoms with Crippen molar-refractivity contribution in [3.05, 3.63) is 35.9 Å². The Balaban J connectivity index is 2.03. The summed E-state index contributed by atoms with van der Waals surface area (Å²) in [6.07, 6.45) is 2.88. The molecule has 2 nitrogen and oxygen atoms in total. The summed E-state index contributed by atoms with van der Waals surface area (Å²) in [5, 5.41) is 0. The summed E-state index contributed by atoms with van der Waals surface area (Å²) in [4.78, 5) is 14.0. The van der Waals surface area contributed by atoms with Gasteiger partial charge in [-0.25, -0.2) is 0 Å². The molecule has 16 heavy (non-hydrogen) atoms. The fourth-order valence-electron chi connectivity index (χ4n) is 2.44. The summed E-state index contributed by atoms with van der Waals surface area (Å²) in [6, 6.07) is 10.6. The van der Waals surface area contributed by atoms with Gasteiger partial charge in [0.25, 0.3) is 0 Å². The molecule has 0 bridgehead atoms. The normalized spacial score (nSPS) is 20.6. The number of Topliss-reactive ketones (excluding diaryl/α,β-unsaturated/α-hetero) is 1. The number of rotatable bonds is 4. The summed E-state index contributed by atoms with van der Waals surface area (Å²) in [6.45, 7) is 3.98. The number of carbonyl (C=O) groups excluding carboxylic acids is 1. The molecule has 2 heteroatoms. The summed E-state index contributed by atoms with van der Waals surface area (Å²) in [5.74, 6) is 0.429. The van der Waals surface area contributed by atoms with Crippen LogP contribution in [0.25, 0.3) is 0 Å². The van der Waals surface area contributed by atoms with E-state index in [4.69, 9.17) is 0 Å². The number of ketones is 1. The SMILES string of the molecule is CCN(Cc1ccccc1)C1CCCC1=O. The van der Waals surface area contributed by atoms with E-state index in [0.29, 0.717) is 5.78 Å². The topological polar surface area (TPSA) is 20.3 Å². The zero-order chi connectivity index (χ0) is 11.4. The zero-order valence-electron chi connectivity index (χ0n) is 9.86. The highest BCUT2D eigenvalue weighted by Crippen LogP contribution is 2.21. The van der Waals surface area contributed by atoms with E-state index < -0.39 is 0 Å². The number of hydrogen-bond acceptors (Lipinski definition) is 2. The molecule has 1 aliphatic rings. The number of nitrogens with zero attached hydrogens (tertiary/aromatic N) is 1. The molecule has 0 radical (unpaired) electrons. The molecule has 0 heterocycles. The van der Waals surface area contributed by atoms with Crippen LogP contribution in [0.4, 0.5) is 0 Å². The minimum absolute atomic E-state index is 0.171. The van der Waals surface area contributed by atoms with Gasteiger partial charge >= 0.3 is 0 Å². The van der Waals surface area contributed by atoms with Crippen molar-refractivity contribution in [2.75, 3.05) is 6.54 Å². The van der Waals surface area contributed by atoms with Gasteiger partial charge in [-0.3, -0.25) is 9.69 Å². The Bertz CT molecular complexity index is 347. The first kappa shape index (κ1) is 11.3. The molecule has 0 aromatic heterocycles. The molecule has 2 rings (SSSR count). The molecule has 0 aliphatic heterocycles. The molecule has 1 unspecified atom stereocenters. The van der Waals surface area contributed by atoms with Crippen LogP contribution in [0.3, 0.4) is 0 Å². The van der Waals surface area contributed by atoms with Gasteiger partial charge in [0.1, 0.15) is 5.78 Å². The Labute approximate surface area is 97.3 Å². The van der Waals surface area contributed by atoms with Crippen LogP contribution in [0, 0.1) is 0 Å². The molecule has 0 saturated heterocycles. The van der Waals surface area contributed by atoms with E-state index in [1.54, 1.807) is 0 Å². The number of hydrogen-bond donors (Lipinski definition) is 0. The van der Waals surface area contributed by atoms with Gasteiger partial charge in [0.15, 0.2) is 0 Å². The van der Waals surface area contributed by atoms with E-state index >= 15 is 0 Å². The zero-order valence-corrected chi connectivity index (χ0v) is 9.86. The Kier molecular flexibility index (Phi) is 3.73. The Morgan fingerprint density at radius 2 is 2.06 bits per heavy atom. The van der Waals surface area contributed by atoms with Crippen molar-refractivity contribution < 1.29 is 4.79 Å². The maximum absolute atomic E-state index is 11.7. The van der Waals surface area contributed by atoms with Crippen molar-refractivity contribution >= 4 is 5.78 Å². The van der Waals surface area contributed by atoms with Gasteiger partial charge in [0.05, 0.1) is 6.04 Å². The van der Waals surface area contributed by atoms with Crippen LogP contribution in [-0.2, 0) is 11.3 Å². The van der Waals surface area contributed by atoms with E-state index in [9.17, 15) is 4.79 Å². The maximum atomic E-state index is 11.7. The summed E-state index contributed by atoms with van der Waals surface area (Å²) in [7, 11) is 0. The van der Waals surface area contributed by atoms with E-state index in [-0.39, 0.29) is 6.04 Å². The largest absolute Gasteiger partial charge is 0.298 e. The third-order valence-corrected chi connectivity index (χ3v) is 3.35. The van der Waals surface area contributed by atoms with Crippen LogP contribution in [0.2, 0.25) is 0 Å². The first-order chi connectivity index (χ1) is 7.81. The van der Waals surface area contributed by atoms with Crippen LogP contribution in [0.5, 0.6) is 0 Å². The molecule has 1 fully saturated rings. The number of benzene rings is 1. The Morgan fingerprint density at radius 3 is 2.62 bits per heavy atom. The Hall–Kier alpha value is -1.15. The molecule has 1 aromatic rings. The molecule has 0 spiro atoms. The molecular formula is C14H19NO. The Morgan fingerprint density at radius 1 is 1.31 bits per heavy atom. The standard InChI is InChI=1S/C14H19NO/c1-2-15(13-9-6-10-14(13)16)11-12-7-4-3-5-8-12/h3-5,7-8,13H,2,6,9-11H2,1H3. The van der Waals surface area contributed by atoms with Crippen molar-refractivity contribution in [2.24, 2.45) is 0 Å². The smallest absolute Gasteiger partial charge is 0.149 e. The fourth-order valence-corrected chi connectivity index (χ4v) is 2.44. The molecule has 0 N–H and O–H groups in total. The lowest BCUT2D eigenvalue weighted by Gasteiger charge is -2.26. The van der Waals surface area contributed by atoms with Gasteiger partial charge in [-0.1, -0.05) is 37.3 Å². The molecular weight excluding hydrogens is 198 g/mol. The van der Waals surface area contributed by atoms with Gasteiger partial charge in [0, 0.05) is 13.0 Å². The van der Waals surface area contributed by atoms with Gasteiger partial charge in [-0.05, 0) is 24.9 Å². The lowest BCUT2D eigenvalue weighted by molar-refractivity contribution is -0.122. The predicted molar refractivity (Wildman–Crippen MR) is 65.2 cm³/mol. The van der Waals surface area contributed by atoms with Crippen molar-refractivity contribution in [3.63, 3.8) is 0 Å². The average molecular weight is 217 g/mol. The van der Waals surface area contributed by atoms with Crippen LogP contribution in [0.15, 0.2) is 30.3 Å². The quantitative estimate of drug-likeness (QED) is 0.772. The first-order valence-corrected chi connectivity index (χ1v) is 6.12. The number of likely N-dealkylation sites (N-methyl/N-ethyl adjacent to an activating group) is 1. The predicted octanol–water partition coefficient (Wildman–Crippen LogP) is 2.63. The van der Waals surface area contributed by atoms with E-state index in [0.717, 1.165) is 32.4 Å². The molecule has 1 atom stereocenters. The van der Waals surface area contributed by atoms with Crippen LogP contribution < -0.4 is 0 Å². The van der Waals surface area contributed by atoms with Gasteiger partial charge < -0.3 is 0 Å². The highest BCUT2D eigenvalue weighted by atomic mass is 16.1. The van der Waals surface area contributed by atoms with Gasteiger partial charge in [0.2, 0.25) is 0 Å².